The van der Waals surface area contributed by atoms with Crippen LogP contribution in [0.2, 0.25) is 10.3 Å². The SMILES string of the molecule is CC(C)(C)OC(=O)N1C2CCC1CN(c1nc(Cl)nc3c1CCC1(CCc4c(Cl)cccc41)C3(F)F)C2. The molecule has 2 bridgehead atoms. The van der Waals surface area contributed by atoms with Crippen molar-refractivity contribution in [3.8, 4) is 0 Å². The number of amides is 1. The summed E-state index contributed by atoms with van der Waals surface area (Å²) in [6, 6.07) is 5.15. The van der Waals surface area contributed by atoms with Crippen molar-refractivity contribution in [2.75, 3.05) is 18.0 Å². The normalized spacial score (nSPS) is 27.9. The van der Waals surface area contributed by atoms with Gasteiger partial charge in [-0.05, 0) is 88.1 Å². The van der Waals surface area contributed by atoms with Crippen LogP contribution >= 0.6 is 23.2 Å². The highest BCUT2D eigenvalue weighted by Crippen LogP contribution is 2.60. The predicted molar refractivity (Wildman–Crippen MR) is 138 cm³/mol. The number of rotatable bonds is 1. The molecule has 10 heteroatoms. The molecular weight excluding hydrogens is 521 g/mol. The molecule has 3 atom stereocenters. The quantitative estimate of drug-likeness (QED) is 0.390. The molecule has 6 rings (SSSR count). The van der Waals surface area contributed by atoms with Crippen molar-refractivity contribution in [2.45, 2.75) is 88.3 Å². The third-order valence-corrected chi connectivity index (χ3v) is 9.00. The predicted octanol–water partition coefficient (Wildman–Crippen LogP) is 6.29. The van der Waals surface area contributed by atoms with Gasteiger partial charge in [0, 0.05) is 23.7 Å². The van der Waals surface area contributed by atoms with Crippen molar-refractivity contribution >= 4 is 35.1 Å². The fourth-order valence-electron chi connectivity index (χ4n) is 6.93. The van der Waals surface area contributed by atoms with Gasteiger partial charge >= 0.3 is 6.09 Å². The Balaban J connectivity index is 1.35. The Morgan fingerprint density at radius 3 is 2.35 bits per heavy atom. The first-order chi connectivity index (χ1) is 17.4. The Kier molecular flexibility index (Phi) is 5.70. The molecule has 2 fully saturated rings. The molecule has 2 aliphatic carbocycles. The van der Waals surface area contributed by atoms with Crippen molar-refractivity contribution in [3.05, 3.63) is 50.9 Å². The van der Waals surface area contributed by atoms with E-state index in [1.165, 1.54) is 0 Å². The van der Waals surface area contributed by atoms with Crippen LogP contribution in [0.25, 0.3) is 0 Å². The molecular formula is C27H30Cl2F2N4O2. The highest BCUT2D eigenvalue weighted by molar-refractivity contribution is 6.31. The molecule has 1 aromatic carbocycles. The zero-order valence-electron chi connectivity index (χ0n) is 21.2. The van der Waals surface area contributed by atoms with Crippen molar-refractivity contribution < 1.29 is 18.3 Å². The van der Waals surface area contributed by atoms with Crippen molar-refractivity contribution in [1.29, 1.82) is 0 Å². The zero-order valence-corrected chi connectivity index (χ0v) is 22.7. The fraction of sp³-hybridized carbons (Fsp3) is 0.593. The van der Waals surface area contributed by atoms with Crippen LogP contribution in [-0.2, 0) is 28.9 Å². The third kappa shape index (κ3) is 3.81. The minimum absolute atomic E-state index is 0.0720. The van der Waals surface area contributed by atoms with Crippen LogP contribution in [0.5, 0.6) is 0 Å². The van der Waals surface area contributed by atoms with Gasteiger partial charge in [-0.2, -0.15) is 8.78 Å². The number of nitrogens with zero attached hydrogens (tertiary/aromatic N) is 4. The molecule has 0 N–H and O–H groups in total. The van der Waals surface area contributed by atoms with Crippen molar-refractivity contribution in [2.24, 2.45) is 0 Å². The van der Waals surface area contributed by atoms with Gasteiger partial charge in [-0.3, -0.25) is 4.90 Å². The number of halogens is 4. The molecule has 198 valence electrons. The Morgan fingerprint density at radius 2 is 1.70 bits per heavy atom. The van der Waals surface area contributed by atoms with Crippen LogP contribution in [0.1, 0.15) is 68.8 Å². The molecule has 2 aliphatic heterocycles. The van der Waals surface area contributed by atoms with E-state index in [1.54, 1.807) is 18.2 Å². The highest BCUT2D eigenvalue weighted by atomic mass is 35.5. The average Bonchev–Trinajstić information content (AvgIpc) is 3.32. The lowest BCUT2D eigenvalue weighted by Gasteiger charge is -2.45. The largest absolute Gasteiger partial charge is 0.444 e. The van der Waals surface area contributed by atoms with E-state index >= 15 is 8.78 Å². The summed E-state index contributed by atoms with van der Waals surface area (Å²) in [5, 5.41) is 0.354. The molecule has 2 aromatic rings. The van der Waals surface area contributed by atoms with Crippen molar-refractivity contribution in [1.82, 2.24) is 14.9 Å². The van der Waals surface area contributed by atoms with E-state index in [2.05, 4.69) is 9.97 Å². The first kappa shape index (κ1) is 25.1. The van der Waals surface area contributed by atoms with Crippen LogP contribution in [0.4, 0.5) is 19.4 Å². The van der Waals surface area contributed by atoms with Crippen LogP contribution in [0.3, 0.4) is 0 Å². The lowest BCUT2D eigenvalue weighted by Crippen LogP contribution is -2.57. The first-order valence-corrected chi connectivity index (χ1v) is 13.7. The number of hydrogen-bond donors (Lipinski definition) is 0. The lowest BCUT2D eigenvalue weighted by molar-refractivity contribution is -0.102. The van der Waals surface area contributed by atoms with Crippen LogP contribution in [0, 0.1) is 0 Å². The summed E-state index contributed by atoms with van der Waals surface area (Å²) in [5.74, 6) is -2.76. The van der Waals surface area contributed by atoms with Crippen LogP contribution in [0.15, 0.2) is 18.2 Å². The van der Waals surface area contributed by atoms with Gasteiger partial charge in [0.25, 0.3) is 5.92 Å². The summed E-state index contributed by atoms with van der Waals surface area (Å²) < 4.78 is 38.7. The highest BCUT2D eigenvalue weighted by Gasteiger charge is 2.62. The molecule has 3 heterocycles. The molecule has 37 heavy (non-hydrogen) atoms. The van der Waals surface area contributed by atoms with E-state index in [-0.39, 0.29) is 35.6 Å². The lowest BCUT2D eigenvalue weighted by atomic mass is 9.66. The van der Waals surface area contributed by atoms with Crippen LogP contribution < -0.4 is 4.90 Å². The third-order valence-electron chi connectivity index (χ3n) is 8.48. The molecule has 2 saturated heterocycles. The maximum absolute atomic E-state index is 16.5. The van der Waals surface area contributed by atoms with Gasteiger partial charge in [-0.15, -0.1) is 0 Å². The molecule has 3 unspecified atom stereocenters. The fourth-order valence-corrected chi connectivity index (χ4v) is 7.36. The summed E-state index contributed by atoms with van der Waals surface area (Å²) in [6.07, 6.45) is 2.87. The van der Waals surface area contributed by atoms with Gasteiger partial charge in [-0.25, -0.2) is 14.8 Å². The Morgan fingerprint density at radius 1 is 1.05 bits per heavy atom. The summed E-state index contributed by atoms with van der Waals surface area (Å²) in [6.45, 7) is 6.53. The Labute approximate surface area is 225 Å². The first-order valence-electron chi connectivity index (χ1n) is 12.9. The van der Waals surface area contributed by atoms with Gasteiger partial charge in [0.05, 0.1) is 17.5 Å². The van der Waals surface area contributed by atoms with Crippen molar-refractivity contribution in [3.63, 3.8) is 0 Å². The van der Waals surface area contributed by atoms with E-state index in [1.807, 2.05) is 30.6 Å². The standard InChI is InChI=1S/C27H30Cl2F2N4O2/c1-25(2,3)37-24(36)35-15-7-8-16(35)14-34(13-15)22-18-10-12-26(27(30,31)21(18)32-23(29)33-22)11-9-17-19(26)5-4-6-20(17)28/h4-6,15-16H,7-14H2,1-3H3. The van der Waals surface area contributed by atoms with E-state index in [9.17, 15) is 4.79 Å². The van der Waals surface area contributed by atoms with E-state index in [0.717, 1.165) is 18.4 Å². The molecule has 6 nitrogen and oxygen atoms in total. The minimum atomic E-state index is -3.23. The number of piperazine rings is 1. The van der Waals surface area contributed by atoms with Gasteiger partial charge in [0.15, 0.2) is 0 Å². The second-order valence-corrected chi connectivity index (χ2v) is 12.5. The second kappa shape index (κ2) is 8.40. The molecule has 0 saturated carbocycles. The summed E-state index contributed by atoms with van der Waals surface area (Å²) in [7, 11) is 0. The second-order valence-electron chi connectivity index (χ2n) is 11.7. The number of aromatic nitrogens is 2. The summed E-state index contributed by atoms with van der Waals surface area (Å²) in [4.78, 5) is 25.3. The Bertz CT molecular complexity index is 1270. The summed E-state index contributed by atoms with van der Waals surface area (Å²) >= 11 is 12.7. The Hall–Kier alpha value is -2.19. The molecule has 0 radical (unpaired) electrons. The maximum Gasteiger partial charge on any atom is 0.410 e. The number of fused-ring (bicyclic) bond motifs is 5. The molecule has 1 spiro atoms. The van der Waals surface area contributed by atoms with Crippen LogP contribution in [-0.4, -0.2) is 51.7 Å². The molecule has 4 aliphatic rings. The average molecular weight is 551 g/mol. The monoisotopic (exact) mass is 550 g/mol. The van der Waals surface area contributed by atoms with Gasteiger partial charge in [0.1, 0.15) is 17.1 Å². The molecule has 1 aromatic heterocycles. The summed E-state index contributed by atoms with van der Waals surface area (Å²) in [5.41, 5.74) is -0.330. The zero-order chi connectivity index (χ0) is 26.3. The number of benzene rings is 1. The smallest absolute Gasteiger partial charge is 0.410 e. The van der Waals surface area contributed by atoms with E-state index in [4.69, 9.17) is 27.9 Å². The van der Waals surface area contributed by atoms with E-state index in [0.29, 0.717) is 54.3 Å². The number of anilines is 1. The number of ether oxygens (including phenoxy) is 1. The topological polar surface area (TPSA) is 58.6 Å². The number of hydrogen-bond acceptors (Lipinski definition) is 5. The van der Waals surface area contributed by atoms with Gasteiger partial charge < -0.3 is 9.64 Å². The number of alkyl halides is 2. The van der Waals surface area contributed by atoms with Gasteiger partial charge in [0.2, 0.25) is 5.28 Å². The molecule has 1 amide bonds. The maximum atomic E-state index is 16.5. The minimum Gasteiger partial charge on any atom is -0.444 e. The number of carbonyl (C=O) groups excluding carboxylic acids is 1. The number of carbonyl (C=O) groups is 1. The van der Waals surface area contributed by atoms with Gasteiger partial charge in [-0.1, -0.05) is 23.7 Å². The van der Waals surface area contributed by atoms with E-state index < -0.39 is 16.9 Å².